The molecule has 0 bridgehead atoms. The zero-order valence-electron chi connectivity index (χ0n) is 25.2. The number of aromatic nitrogens is 1. The van der Waals surface area contributed by atoms with Crippen molar-refractivity contribution < 1.29 is 20.5 Å². The fourth-order valence-electron chi connectivity index (χ4n) is 6.75. The van der Waals surface area contributed by atoms with Crippen LogP contribution in [0, 0.1) is 24.7 Å². The lowest BCUT2D eigenvalue weighted by atomic mass is 9.77. The number of nitrogens with one attached hydrogen (secondary N) is 1. The molecule has 0 radical (unpaired) electrons. The van der Waals surface area contributed by atoms with Crippen LogP contribution in [0.25, 0.3) is 10.4 Å². The molecule has 2 aliphatic carbocycles. The highest BCUT2D eigenvalue weighted by Crippen LogP contribution is 2.40. The molecule has 226 valence electrons. The average Bonchev–Trinajstić information content (AvgIpc) is 3.53. The largest absolute Gasteiger partial charge is 0.496 e. The predicted molar refractivity (Wildman–Crippen MR) is 171 cm³/mol. The number of hydrogen-bond donors (Lipinski definition) is 1. The van der Waals surface area contributed by atoms with E-state index >= 15 is 0 Å². The minimum absolute atomic E-state index is 0. The summed E-state index contributed by atoms with van der Waals surface area (Å²) in [4.78, 5) is 33.8. The van der Waals surface area contributed by atoms with Gasteiger partial charge in [-0.25, -0.2) is 4.98 Å². The molecular weight excluding hydrogens is 546 g/mol. The Morgan fingerprint density at radius 2 is 1.71 bits per heavy atom. The van der Waals surface area contributed by atoms with Crippen molar-refractivity contribution in [3.8, 4) is 21.4 Å². The number of benzene rings is 2. The predicted octanol–water partition coefficient (Wildman–Crippen LogP) is 7.24. The van der Waals surface area contributed by atoms with E-state index in [2.05, 4.69) is 58.5 Å². The van der Waals surface area contributed by atoms with Crippen LogP contribution >= 0.6 is 11.3 Å². The number of rotatable bonds is 9. The zero-order chi connectivity index (χ0) is 29.6. The van der Waals surface area contributed by atoms with Crippen LogP contribution in [0.5, 0.6) is 10.9 Å². The molecule has 2 aromatic carbocycles. The molecule has 0 unspecified atom stereocenters. The van der Waals surface area contributed by atoms with Gasteiger partial charge in [-0.1, -0.05) is 35.6 Å². The minimum Gasteiger partial charge on any atom is -0.496 e. The Bertz CT molecular complexity index is 1380. The van der Waals surface area contributed by atoms with Crippen molar-refractivity contribution in [2.75, 3.05) is 32.7 Å². The first-order chi connectivity index (χ1) is 20.4. The summed E-state index contributed by atoms with van der Waals surface area (Å²) in [6.45, 7) is 2.83. The van der Waals surface area contributed by atoms with Crippen LogP contribution < -0.4 is 19.7 Å². The topological polar surface area (TPSA) is 80.8 Å². The molecular formula is C34H45N3O4S. The van der Waals surface area contributed by atoms with Gasteiger partial charge in [-0.05, 0) is 105 Å². The van der Waals surface area contributed by atoms with E-state index in [1.54, 1.807) is 21.3 Å². The Balaban J connectivity index is 0.00000423. The molecule has 2 aliphatic rings. The molecule has 3 aromatic rings. The van der Waals surface area contributed by atoms with E-state index in [-0.39, 0.29) is 25.1 Å². The second-order valence-corrected chi connectivity index (χ2v) is 12.8. The van der Waals surface area contributed by atoms with E-state index in [0.29, 0.717) is 17.0 Å². The number of amides is 2. The maximum Gasteiger partial charge on any atom is 0.273 e. The van der Waals surface area contributed by atoms with Gasteiger partial charge in [0.1, 0.15) is 5.75 Å². The third kappa shape index (κ3) is 6.80. The first-order valence-corrected chi connectivity index (χ1v) is 16.0. The van der Waals surface area contributed by atoms with Crippen LogP contribution in [0.3, 0.4) is 0 Å². The van der Waals surface area contributed by atoms with Gasteiger partial charge >= 0.3 is 0 Å². The van der Waals surface area contributed by atoms with E-state index in [4.69, 9.17) is 9.47 Å². The van der Waals surface area contributed by atoms with Gasteiger partial charge < -0.3 is 19.7 Å². The fraction of sp³-hybridized carbons (Fsp3) is 0.500. The molecule has 7 nitrogen and oxygen atoms in total. The molecule has 2 amide bonds. The molecule has 2 saturated carbocycles. The number of carbonyl (C=O) groups is 2. The normalized spacial score (nSPS) is 22.3. The molecule has 2 fully saturated rings. The fourth-order valence-corrected chi connectivity index (χ4v) is 7.48. The highest BCUT2D eigenvalue weighted by molar-refractivity contribution is 7.16. The lowest BCUT2D eigenvalue weighted by molar-refractivity contribution is -0.129. The summed E-state index contributed by atoms with van der Waals surface area (Å²) < 4.78 is 10.8. The first kappa shape index (κ1) is 30.1. The van der Waals surface area contributed by atoms with Crippen LogP contribution in [0.1, 0.15) is 69.8 Å². The van der Waals surface area contributed by atoms with Crippen molar-refractivity contribution in [3.05, 3.63) is 59.8 Å². The monoisotopic (exact) mass is 591 g/mol. The number of methoxy groups -OCH3 is 2. The highest BCUT2D eigenvalue weighted by Gasteiger charge is 2.34. The molecule has 8 heteroatoms. The Morgan fingerprint density at radius 1 is 0.976 bits per heavy atom. The number of hydrogen-bond acceptors (Lipinski definition) is 6. The van der Waals surface area contributed by atoms with Crippen LogP contribution in [-0.4, -0.2) is 44.6 Å². The standard InChI is InChI=1S/C34H43N3O4S.H2/c1-22-18-27(16-17-30(22)40-3)24-10-8-23(9-11-24)21-37(33(39)26-14-12-25(13-15-26)32(38)35-2)29-7-5-6-28(19-29)31-20-36-34(41-4)42-31;/h5-7,16-20,23-26H,8-15,21H2,1-4H3,(H,35,38);1H. The van der Waals surface area contributed by atoms with Crippen LogP contribution in [0.15, 0.2) is 48.7 Å². The lowest BCUT2D eigenvalue weighted by Crippen LogP contribution is -2.42. The lowest BCUT2D eigenvalue weighted by Gasteiger charge is -2.36. The first-order valence-electron chi connectivity index (χ1n) is 15.2. The number of carbonyl (C=O) groups excluding carboxylic acids is 2. The molecule has 5 rings (SSSR count). The van der Waals surface area contributed by atoms with Crippen LogP contribution in [0.2, 0.25) is 0 Å². The molecule has 1 N–H and O–H groups in total. The second kappa shape index (κ2) is 13.7. The van der Waals surface area contributed by atoms with E-state index in [9.17, 15) is 9.59 Å². The summed E-state index contributed by atoms with van der Waals surface area (Å²) >= 11 is 1.50. The molecule has 1 aromatic heterocycles. The maximum absolute atomic E-state index is 14.2. The van der Waals surface area contributed by atoms with Crippen molar-refractivity contribution in [1.29, 1.82) is 0 Å². The quantitative estimate of drug-likeness (QED) is 0.284. The molecule has 42 heavy (non-hydrogen) atoms. The van der Waals surface area contributed by atoms with Crippen molar-refractivity contribution in [2.24, 2.45) is 17.8 Å². The number of thiazole rings is 1. The molecule has 0 aliphatic heterocycles. The van der Waals surface area contributed by atoms with E-state index in [1.165, 1.54) is 22.5 Å². The van der Waals surface area contributed by atoms with Gasteiger partial charge in [-0.15, -0.1) is 0 Å². The van der Waals surface area contributed by atoms with E-state index < -0.39 is 0 Å². The van der Waals surface area contributed by atoms with Crippen molar-refractivity contribution >= 4 is 28.8 Å². The van der Waals surface area contributed by atoms with E-state index in [1.807, 2.05) is 12.3 Å². The highest BCUT2D eigenvalue weighted by atomic mass is 32.1. The SMILES string of the molecule is CNC(=O)C1CCC(C(=O)N(CC2CCC(c3ccc(OC)c(C)c3)CC2)c2cccc(-c3cnc(OC)s3)c2)CC1.[HH]. The number of anilines is 1. The molecule has 0 spiro atoms. The maximum atomic E-state index is 14.2. The van der Waals surface area contributed by atoms with Gasteiger partial charge in [0.2, 0.25) is 11.8 Å². The van der Waals surface area contributed by atoms with Crippen LogP contribution in [0.4, 0.5) is 5.69 Å². The van der Waals surface area contributed by atoms with Gasteiger partial charge in [0, 0.05) is 38.7 Å². The van der Waals surface area contributed by atoms with Crippen molar-refractivity contribution in [3.63, 3.8) is 0 Å². The third-order valence-electron chi connectivity index (χ3n) is 9.24. The Hall–Kier alpha value is -3.39. The summed E-state index contributed by atoms with van der Waals surface area (Å²) in [5, 5.41) is 3.40. The second-order valence-electron chi connectivity index (χ2n) is 11.8. The van der Waals surface area contributed by atoms with Gasteiger partial charge in [-0.2, -0.15) is 0 Å². The summed E-state index contributed by atoms with van der Waals surface area (Å²) in [7, 11) is 5.04. The Kier molecular flexibility index (Phi) is 9.83. The summed E-state index contributed by atoms with van der Waals surface area (Å²) in [6, 6.07) is 14.8. The van der Waals surface area contributed by atoms with Gasteiger partial charge in [-0.3, -0.25) is 9.59 Å². The number of nitrogens with zero attached hydrogens (tertiary/aromatic N) is 2. The summed E-state index contributed by atoms with van der Waals surface area (Å²) in [5.74, 6) is 2.15. The third-order valence-corrected chi connectivity index (χ3v) is 10.2. The Labute approximate surface area is 255 Å². The Morgan fingerprint density at radius 3 is 2.36 bits per heavy atom. The van der Waals surface area contributed by atoms with Crippen LogP contribution in [-0.2, 0) is 9.59 Å². The minimum atomic E-state index is -0.0586. The average molecular weight is 592 g/mol. The zero-order valence-corrected chi connectivity index (χ0v) is 26.0. The summed E-state index contributed by atoms with van der Waals surface area (Å²) in [5.41, 5.74) is 4.54. The summed E-state index contributed by atoms with van der Waals surface area (Å²) in [6.07, 6.45) is 9.28. The number of ether oxygens (including phenoxy) is 2. The number of aryl methyl sites for hydroxylation is 1. The molecule has 0 atom stereocenters. The van der Waals surface area contributed by atoms with Crippen molar-refractivity contribution in [1.82, 2.24) is 10.3 Å². The van der Waals surface area contributed by atoms with Gasteiger partial charge in [0.15, 0.2) is 0 Å². The van der Waals surface area contributed by atoms with Gasteiger partial charge in [0.25, 0.3) is 5.19 Å². The smallest absolute Gasteiger partial charge is 0.273 e. The van der Waals surface area contributed by atoms with Crippen molar-refractivity contribution in [2.45, 2.75) is 64.2 Å². The molecule has 1 heterocycles. The molecule has 0 saturated heterocycles. The van der Waals surface area contributed by atoms with E-state index in [0.717, 1.165) is 79.8 Å². The van der Waals surface area contributed by atoms with Gasteiger partial charge in [0.05, 0.1) is 19.1 Å².